The van der Waals surface area contributed by atoms with Crippen molar-refractivity contribution in [2.45, 2.75) is 99.6 Å². The maximum absolute atomic E-state index is 10.6. The van der Waals surface area contributed by atoms with Gasteiger partial charge in [-0.1, -0.05) is 32.6 Å². The second-order valence-corrected chi connectivity index (χ2v) is 9.00. The summed E-state index contributed by atoms with van der Waals surface area (Å²) in [7, 11) is 0. The molecule has 0 saturated carbocycles. The van der Waals surface area contributed by atoms with E-state index in [1.807, 2.05) is 0 Å². The molecule has 2 rings (SSSR count). The third-order valence-corrected chi connectivity index (χ3v) is 6.73. The first-order valence-corrected chi connectivity index (χ1v) is 11.6. The predicted molar refractivity (Wildman–Crippen MR) is 108 cm³/mol. The summed E-state index contributed by atoms with van der Waals surface area (Å²) in [6.07, 6.45) is -7.07. The van der Waals surface area contributed by atoms with Crippen molar-refractivity contribution in [1.82, 2.24) is 0 Å². The summed E-state index contributed by atoms with van der Waals surface area (Å²) in [5.41, 5.74) is -0.752. The summed E-state index contributed by atoms with van der Waals surface area (Å²) in [5, 5.41) is 69.9. The first-order valence-electron chi connectivity index (χ1n) is 10.6. The lowest BCUT2D eigenvalue weighted by Gasteiger charge is -2.46. The van der Waals surface area contributed by atoms with Gasteiger partial charge in [0.05, 0.1) is 13.2 Å². The molecule has 2 fully saturated rings. The lowest BCUT2D eigenvalue weighted by Crippen LogP contribution is -2.64. The second-order valence-electron chi connectivity index (χ2n) is 7.79. The average Bonchev–Trinajstić information content (AvgIpc) is 2.75. The summed E-state index contributed by atoms with van der Waals surface area (Å²) in [5.74, 6) is 0.731. The third kappa shape index (κ3) is 6.48. The van der Waals surface area contributed by atoms with Crippen molar-refractivity contribution in [1.29, 1.82) is 0 Å². The Balaban J connectivity index is 1.94. The second kappa shape index (κ2) is 12.9. The maximum atomic E-state index is 10.6. The molecule has 2 heterocycles. The van der Waals surface area contributed by atoms with Gasteiger partial charge in [0, 0.05) is 0 Å². The number of hydrogen-bond donors (Lipinski definition) is 7. The fraction of sp³-hybridized carbons (Fsp3) is 1.00. The molecular weight excluding hydrogens is 420 g/mol. The van der Waals surface area contributed by atoms with Gasteiger partial charge in [-0.25, -0.2) is 0 Å². The number of ether oxygens (including phenoxy) is 3. The zero-order chi connectivity index (χ0) is 22.3. The normalized spacial score (nSPS) is 42.4. The standard InChI is InChI=1S/C19H36O10S/c1-2-3-4-5-6-7-30-19-16(26)14(24)17(11(9-21)28-19)29-18-15(25)13(23)12(22)10(8-20)27-18/h10-26H,2-9H2,1H3/t10-,11-,12-,13+,14-,15-,16-,17-,18-,19+/m1/s1. The van der Waals surface area contributed by atoms with Crippen LogP contribution in [0.4, 0.5) is 0 Å². The molecule has 2 aliphatic rings. The Morgan fingerprint density at radius 2 is 1.40 bits per heavy atom. The van der Waals surface area contributed by atoms with E-state index in [1.165, 1.54) is 18.2 Å². The van der Waals surface area contributed by atoms with Gasteiger partial charge >= 0.3 is 0 Å². The minimum Gasteiger partial charge on any atom is -0.394 e. The quantitative estimate of drug-likeness (QED) is 0.177. The highest BCUT2D eigenvalue weighted by Gasteiger charge is 2.50. The number of unbranched alkanes of at least 4 members (excludes halogenated alkanes) is 4. The third-order valence-electron chi connectivity index (χ3n) is 5.49. The molecule has 0 aromatic heterocycles. The molecule has 0 aromatic rings. The average molecular weight is 457 g/mol. The molecule has 0 amide bonds. The molecular formula is C19H36O10S. The van der Waals surface area contributed by atoms with E-state index in [4.69, 9.17) is 14.2 Å². The fourth-order valence-corrected chi connectivity index (χ4v) is 4.78. The molecule has 0 spiro atoms. The molecule has 0 aliphatic carbocycles. The van der Waals surface area contributed by atoms with Gasteiger partial charge in [-0.2, -0.15) is 0 Å². The van der Waals surface area contributed by atoms with Crippen molar-refractivity contribution in [2.24, 2.45) is 0 Å². The van der Waals surface area contributed by atoms with Crippen molar-refractivity contribution in [3.8, 4) is 0 Å². The molecule has 178 valence electrons. The van der Waals surface area contributed by atoms with Crippen LogP contribution in [0.2, 0.25) is 0 Å². The highest BCUT2D eigenvalue weighted by atomic mass is 32.2. The fourth-order valence-electron chi connectivity index (χ4n) is 3.60. The number of thioether (sulfide) groups is 1. The van der Waals surface area contributed by atoms with Crippen LogP contribution in [0.3, 0.4) is 0 Å². The van der Waals surface area contributed by atoms with E-state index in [9.17, 15) is 35.7 Å². The van der Waals surface area contributed by atoms with Crippen LogP contribution in [-0.4, -0.2) is 115 Å². The molecule has 11 heteroatoms. The Kier molecular flexibility index (Phi) is 11.2. The molecule has 0 bridgehead atoms. The van der Waals surface area contributed by atoms with E-state index in [2.05, 4.69) is 6.92 Å². The molecule has 2 saturated heterocycles. The summed E-state index contributed by atoms with van der Waals surface area (Å²) >= 11 is 1.35. The van der Waals surface area contributed by atoms with Gasteiger partial charge in [0.15, 0.2) is 6.29 Å². The van der Waals surface area contributed by atoms with E-state index >= 15 is 0 Å². The highest BCUT2D eigenvalue weighted by molar-refractivity contribution is 7.99. The lowest BCUT2D eigenvalue weighted by molar-refractivity contribution is -0.338. The van der Waals surface area contributed by atoms with Crippen molar-refractivity contribution < 1.29 is 50.0 Å². The molecule has 30 heavy (non-hydrogen) atoms. The Labute approximate surface area is 180 Å². The van der Waals surface area contributed by atoms with E-state index in [0.29, 0.717) is 0 Å². The van der Waals surface area contributed by atoms with Crippen LogP contribution < -0.4 is 0 Å². The van der Waals surface area contributed by atoms with Gasteiger partial charge in [0.25, 0.3) is 0 Å². The van der Waals surface area contributed by atoms with Crippen molar-refractivity contribution in [3.63, 3.8) is 0 Å². The van der Waals surface area contributed by atoms with Crippen molar-refractivity contribution >= 4 is 11.8 Å². The molecule has 10 nitrogen and oxygen atoms in total. The Morgan fingerprint density at radius 1 is 0.733 bits per heavy atom. The molecule has 0 radical (unpaired) electrons. The topological polar surface area (TPSA) is 169 Å². The van der Waals surface area contributed by atoms with Crippen LogP contribution >= 0.6 is 11.8 Å². The summed E-state index contributed by atoms with van der Waals surface area (Å²) in [6, 6.07) is 0. The maximum Gasteiger partial charge on any atom is 0.187 e. The predicted octanol–water partition coefficient (Wildman–Crippen LogP) is -1.69. The van der Waals surface area contributed by atoms with E-state index in [0.717, 1.165) is 31.4 Å². The number of aliphatic hydroxyl groups excluding tert-OH is 7. The van der Waals surface area contributed by atoms with Gasteiger partial charge in [0.2, 0.25) is 0 Å². The minimum atomic E-state index is -1.67. The van der Waals surface area contributed by atoms with Gasteiger partial charge in [0.1, 0.15) is 54.3 Å². The monoisotopic (exact) mass is 456 g/mol. The number of hydrogen-bond acceptors (Lipinski definition) is 11. The van der Waals surface area contributed by atoms with Gasteiger partial charge in [-0.3, -0.25) is 0 Å². The largest absolute Gasteiger partial charge is 0.394 e. The highest BCUT2D eigenvalue weighted by Crippen LogP contribution is 2.33. The van der Waals surface area contributed by atoms with Crippen LogP contribution in [0.5, 0.6) is 0 Å². The zero-order valence-electron chi connectivity index (χ0n) is 17.2. The Hall–Kier alpha value is -0.0500. The minimum absolute atomic E-state index is 0.514. The number of rotatable bonds is 11. The zero-order valence-corrected chi connectivity index (χ0v) is 18.0. The molecule has 10 atom stereocenters. The smallest absolute Gasteiger partial charge is 0.187 e. The van der Waals surface area contributed by atoms with Gasteiger partial charge in [-0.05, 0) is 12.2 Å². The summed E-state index contributed by atoms with van der Waals surface area (Å²) < 4.78 is 16.5. The van der Waals surface area contributed by atoms with Gasteiger partial charge in [-0.15, -0.1) is 11.8 Å². The number of aliphatic hydroxyl groups is 7. The molecule has 2 aliphatic heterocycles. The van der Waals surface area contributed by atoms with Crippen molar-refractivity contribution in [2.75, 3.05) is 19.0 Å². The van der Waals surface area contributed by atoms with E-state index < -0.39 is 73.8 Å². The summed E-state index contributed by atoms with van der Waals surface area (Å²) in [6.45, 7) is 0.997. The molecule has 7 N–H and O–H groups in total. The Morgan fingerprint density at radius 3 is 2.03 bits per heavy atom. The van der Waals surface area contributed by atoms with Crippen LogP contribution in [0.15, 0.2) is 0 Å². The summed E-state index contributed by atoms with van der Waals surface area (Å²) in [4.78, 5) is 0. The van der Waals surface area contributed by atoms with Crippen LogP contribution in [0.1, 0.15) is 39.0 Å². The van der Waals surface area contributed by atoms with E-state index in [-0.39, 0.29) is 0 Å². The van der Waals surface area contributed by atoms with E-state index in [1.54, 1.807) is 0 Å². The van der Waals surface area contributed by atoms with Crippen molar-refractivity contribution in [3.05, 3.63) is 0 Å². The SMILES string of the molecule is CCCCCCCS[C@@H]1O[C@H](CO)[C@@H](O[C@H]2O[C@H](CO)[C@@H](O)[C@H](O)[C@H]2O)[C@H](O)[C@H]1O. The lowest BCUT2D eigenvalue weighted by atomic mass is 9.97. The van der Waals surface area contributed by atoms with Crippen LogP contribution in [-0.2, 0) is 14.2 Å². The first-order chi connectivity index (χ1) is 14.3. The first kappa shape index (κ1) is 26.2. The molecule has 0 aromatic carbocycles. The van der Waals surface area contributed by atoms with Crippen LogP contribution in [0, 0.1) is 0 Å². The molecule has 0 unspecified atom stereocenters. The van der Waals surface area contributed by atoms with Gasteiger partial charge < -0.3 is 50.0 Å². The Bertz CT molecular complexity index is 482. The van der Waals surface area contributed by atoms with Crippen LogP contribution in [0.25, 0.3) is 0 Å².